The number of hydrogen-bond acceptors (Lipinski definition) is 2. The van der Waals surface area contributed by atoms with Gasteiger partial charge in [-0.2, -0.15) is 5.10 Å². The first-order valence-corrected chi connectivity index (χ1v) is 7.56. The molecule has 1 heterocycles. The van der Waals surface area contributed by atoms with Gasteiger partial charge >= 0.3 is 0 Å². The van der Waals surface area contributed by atoms with E-state index in [4.69, 9.17) is 11.6 Å². The van der Waals surface area contributed by atoms with Crippen molar-refractivity contribution in [3.63, 3.8) is 0 Å². The van der Waals surface area contributed by atoms with Crippen molar-refractivity contribution in [2.75, 3.05) is 5.32 Å². The first-order chi connectivity index (χ1) is 9.65. The van der Waals surface area contributed by atoms with Crippen LogP contribution in [0.3, 0.4) is 0 Å². The van der Waals surface area contributed by atoms with Crippen molar-refractivity contribution < 1.29 is 0 Å². The molecule has 0 aliphatic carbocycles. The third-order valence-electron chi connectivity index (χ3n) is 3.46. The van der Waals surface area contributed by atoms with Gasteiger partial charge in [0.15, 0.2) is 0 Å². The Morgan fingerprint density at radius 2 is 1.90 bits per heavy atom. The van der Waals surface area contributed by atoms with Crippen LogP contribution in [-0.2, 0) is 26.4 Å². The molecular weight excluding hydrogens is 270 g/mol. The first kappa shape index (κ1) is 14.9. The van der Waals surface area contributed by atoms with Gasteiger partial charge in [-0.25, -0.2) is 0 Å². The molecule has 20 heavy (non-hydrogen) atoms. The molecule has 0 fully saturated rings. The third-order valence-corrected chi connectivity index (χ3v) is 3.89. The van der Waals surface area contributed by atoms with Gasteiger partial charge in [0, 0.05) is 12.7 Å². The van der Waals surface area contributed by atoms with Gasteiger partial charge in [0.1, 0.15) is 0 Å². The van der Waals surface area contributed by atoms with Gasteiger partial charge in [-0.3, -0.25) is 4.68 Å². The van der Waals surface area contributed by atoms with E-state index in [1.807, 2.05) is 11.7 Å². The van der Waals surface area contributed by atoms with Gasteiger partial charge in [-0.15, -0.1) is 0 Å². The molecule has 0 spiro atoms. The number of hydrogen-bond donors (Lipinski definition) is 1. The average Bonchev–Trinajstić information content (AvgIpc) is 2.73. The van der Waals surface area contributed by atoms with E-state index >= 15 is 0 Å². The van der Waals surface area contributed by atoms with Crippen LogP contribution in [0, 0.1) is 0 Å². The number of anilines is 1. The number of aryl methyl sites for hydroxylation is 3. The Labute approximate surface area is 126 Å². The lowest BCUT2D eigenvalue weighted by molar-refractivity contribution is 0.707. The zero-order chi connectivity index (χ0) is 14.5. The van der Waals surface area contributed by atoms with Crippen molar-refractivity contribution in [3.8, 4) is 0 Å². The Kier molecular flexibility index (Phi) is 5.07. The van der Waals surface area contributed by atoms with Crippen LogP contribution >= 0.6 is 11.6 Å². The maximum atomic E-state index is 6.34. The molecule has 0 saturated carbocycles. The zero-order valence-electron chi connectivity index (χ0n) is 12.4. The molecule has 0 saturated heterocycles. The van der Waals surface area contributed by atoms with E-state index in [1.54, 1.807) is 0 Å². The minimum Gasteiger partial charge on any atom is -0.379 e. The van der Waals surface area contributed by atoms with Crippen molar-refractivity contribution in [2.45, 2.75) is 39.7 Å². The normalized spacial score (nSPS) is 10.8. The molecule has 2 aromatic rings. The molecule has 3 nitrogen and oxygen atoms in total. The second kappa shape index (κ2) is 6.80. The predicted octanol–water partition coefficient (Wildman–Crippen LogP) is 4.20. The molecule has 0 unspecified atom stereocenters. The molecule has 2 rings (SSSR count). The minimum atomic E-state index is 0.690. The summed E-state index contributed by atoms with van der Waals surface area (Å²) < 4.78 is 1.86. The lowest BCUT2D eigenvalue weighted by Crippen LogP contribution is -2.05. The third kappa shape index (κ3) is 3.34. The van der Waals surface area contributed by atoms with Crippen molar-refractivity contribution in [1.82, 2.24) is 9.78 Å². The summed E-state index contributed by atoms with van der Waals surface area (Å²) in [6, 6.07) is 8.59. The highest BCUT2D eigenvalue weighted by Gasteiger charge is 2.12. The summed E-state index contributed by atoms with van der Waals surface area (Å²) in [5.74, 6) is 0. The van der Waals surface area contributed by atoms with E-state index in [0.29, 0.717) is 6.54 Å². The van der Waals surface area contributed by atoms with Gasteiger partial charge in [0.25, 0.3) is 0 Å². The standard InChI is InChI=1S/C16H22ClN3/c1-4-6-12-7-9-13(10-8-12)18-11-15-16(17)14(5-2)19-20(15)3/h7-10,18H,4-6,11H2,1-3H3. The summed E-state index contributed by atoms with van der Waals surface area (Å²) >= 11 is 6.34. The summed E-state index contributed by atoms with van der Waals surface area (Å²) in [5.41, 5.74) is 4.48. The van der Waals surface area contributed by atoms with E-state index in [0.717, 1.165) is 34.9 Å². The number of nitrogens with one attached hydrogen (secondary N) is 1. The molecule has 1 aromatic carbocycles. The SMILES string of the molecule is CCCc1ccc(NCc2c(Cl)c(CC)nn2C)cc1. The van der Waals surface area contributed by atoms with Gasteiger partial charge in [-0.1, -0.05) is 44.0 Å². The predicted molar refractivity (Wildman–Crippen MR) is 85.4 cm³/mol. The number of nitrogens with zero attached hydrogens (tertiary/aromatic N) is 2. The van der Waals surface area contributed by atoms with Crippen molar-refractivity contribution >= 4 is 17.3 Å². The van der Waals surface area contributed by atoms with Crippen LogP contribution in [0.25, 0.3) is 0 Å². The fourth-order valence-corrected chi connectivity index (χ4v) is 2.64. The van der Waals surface area contributed by atoms with Gasteiger partial charge < -0.3 is 5.32 Å². The van der Waals surface area contributed by atoms with E-state index in [-0.39, 0.29) is 0 Å². The smallest absolute Gasteiger partial charge is 0.0868 e. The zero-order valence-corrected chi connectivity index (χ0v) is 13.2. The number of rotatable bonds is 6. The Morgan fingerprint density at radius 3 is 2.45 bits per heavy atom. The highest BCUT2D eigenvalue weighted by Crippen LogP contribution is 2.22. The summed E-state index contributed by atoms with van der Waals surface area (Å²) in [4.78, 5) is 0. The maximum absolute atomic E-state index is 6.34. The van der Waals surface area contributed by atoms with Crippen LogP contribution in [0.4, 0.5) is 5.69 Å². The summed E-state index contributed by atoms with van der Waals surface area (Å²) in [5, 5.41) is 8.61. The molecule has 0 atom stereocenters. The second-order valence-corrected chi connectivity index (χ2v) is 5.36. The van der Waals surface area contributed by atoms with Crippen LogP contribution < -0.4 is 5.32 Å². The second-order valence-electron chi connectivity index (χ2n) is 4.99. The number of aromatic nitrogens is 2. The summed E-state index contributed by atoms with van der Waals surface area (Å²) in [7, 11) is 1.94. The van der Waals surface area contributed by atoms with Crippen molar-refractivity contribution in [2.24, 2.45) is 7.05 Å². The molecule has 0 bridgehead atoms. The molecule has 0 amide bonds. The lowest BCUT2D eigenvalue weighted by Gasteiger charge is -2.08. The van der Waals surface area contributed by atoms with Crippen LogP contribution in [0.15, 0.2) is 24.3 Å². The fourth-order valence-electron chi connectivity index (χ4n) is 2.28. The molecular formula is C16H22ClN3. The van der Waals surface area contributed by atoms with Crippen LogP contribution in [0.5, 0.6) is 0 Å². The average molecular weight is 292 g/mol. The van der Waals surface area contributed by atoms with E-state index in [1.165, 1.54) is 12.0 Å². The van der Waals surface area contributed by atoms with Crippen molar-refractivity contribution in [1.29, 1.82) is 0 Å². The molecule has 108 valence electrons. The van der Waals surface area contributed by atoms with Crippen LogP contribution in [-0.4, -0.2) is 9.78 Å². The first-order valence-electron chi connectivity index (χ1n) is 7.18. The van der Waals surface area contributed by atoms with Crippen LogP contribution in [0.1, 0.15) is 37.2 Å². The van der Waals surface area contributed by atoms with Crippen LogP contribution in [0.2, 0.25) is 5.02 Å². The Balaban J connectivity index is 2.03. The van der Waals surface area contributed by atoms with Gasteiger partial charge in [0.2, 0.25) is 0 Å². The molecule has 0 aliphatic rings. The molecule has 0 aliphatic heterocycles. The molecule has 0 radical (unpaired) electrons. The Hall–Kier alpha value is -1.48. The summed E-state index contributed by atoms with van der Waals surface area (Å²) in [6.07, 6.45) is 3.17. The monoisotopic (exact) mass is 291 g/mol. The van der Waals surface area contributed by atoms with E-state index < -0.39 is 0 Å². The topological polar surface area (TPSA) is 29.9 Å². The number of benzene rings is 1. The Morgan fingerprint density at radius 1 is 1.20 bits per heavy atom. The molecule has 4 heteroatoms. The molecule has 1 N–H and O–H groups in total. The van der Waals surface area contributed by atoms with Crippen molar-refractivity contribution in [3.05, 3.63) is 46.2 Å². The Bertz CT molecular complexity index is 558. The fraction of sp³-hybridized carbons (Fsp3) is 0.438. The van der Waals surface area contributed by atoms with Gasteiger partial charge in [0.05, 0.1) is 23.0 Å². The highest BCUT2D eigenvalue weighted by atomic mass is 35.5. The summed E-state index contributed by atoms with van der Waals surface area (Å²) in [6.45, 7) is 4.95. The molecule has 1 aromatic heterocycles. The quantitative estimate of drug-likeness (QED) is 0.864. The maximum Gasteiger partial charge on any atom is 0.0868 e. The lowest BCUT2D eigenvalue weighted by atomic mass is 10.1. The van der Waals surface area contributed by atoms with E-state index in [2.05, 4.69) is 48.5 Å². The van der Waals surface area contributed by atoms with Gasteiger partial charge in [-0.05, 0) is 30.5 Å². The largest absolute Gasteiger partial charge is 0.379 e. The highest BCUT2D eigenvalue weighted by molar-refractivity contribution is 6.31. The number of halogens is 1. The minimum absolute atomic E-state index is 0.690. The van der Waals surface area contributed by atoms with E-state index in [9.17, 15) is 0 Å².